The lowest BCUT2D eigenvalue weighted by atomic mass is 10.2. The largest absolute Gasteiger partial charge is 0.392 e. The van der Waals surface area contributed by atoms with E-state index < -0.39 is 0 Å². The van der Waals surface area contributed by atoms with E-state index in [-0.39, 0.29) is 6.61 Å². The second kappa shape index (κ2) is 8.44. The smallest absolute Gasteiger partial charge is 0.0615 e. The Balaban J connectivity index is 3.11. The van der Waals surface area contributed by atoms with Crippen molar-refractivity contribution in [1.29, 1.82) is 0 Å². The molecule has 0 heterocycles. The Morgan fingerprint density at radius 3 is 2.50 bits per heavy atom. The third kappa shape index (κ3) is 7.44. The molecule has 0 fully saturated rings. The SMILES string of the molecule is CCCC/C=C\C=C\CO. The molecule has 0 saturated heterocycles. The number of hydrogen-bond acceptors (Lipinski definition) is 1. The van der Waals surface area contributed by atoms with Crippen LogP contribution in [0.4, 0.5) is 0 Å². The van der Waals surface area contributed by atoms with E-state index in [0.29, 0.717) is 0 Å². The predicted octanol–water partition coefficient (Wildman–Crippen LogP) is 2.28. The summed E-state index contributed by atoms with van der Waals surface area (Å²) in [5.41, 5.74) is 0. The fourth-order valence-corrected chi connectivity index (χ4v) is 0.636. The molecule has 0 spiro atoms. The zero-order valence-corrected chi connectivity index (χ0v) is 6.59. The second-order valence-electron chi connectivity index (χ2n) is 2.18. The first-order valence-electron chi connectivity index (χ1n) is 3.84. The van der Waals surface area contributed by atoms with Crippen LogP contribution in [0.25, 0.3) is 0 Å². The van der Waals surface area contributed by atoms with Gasteiger partial charge in [0.15, 0.2) is 0 Å². The molecule has 0 aliphatic carbocycles. The molecule has 0 atom stereocenters. The molecule has 0 unspecified atom stereocenters. The van der Waals surface area contributed by atoms with E-state index in [4.69, 9.17) is 5.11 Å². The number of aliphatic hydroxyl groups is 1. The average Bonchev–Trinajstić information content (AvgIpc) is 1.97. The van der Waals surface area contributed by atoms with Crippen LogP contribution in [0.15, 0.2) is 24.3 Å². The first kappa shape index (κ1) is 9.44. The number of hydrogen-bond donors (Lipinski definition) is 1. The zero-order valence-electron chi connectivity index (χ0n) is 6.59. The first-order chi connectivity index (χ1) is 4.91. The van der Waals surface area contributed by atoms with Gasteiger partial charge >= 0.3 is 0 Å². The van der Waals surface area contributed by atoms with Gasteiger partial charge < -0.3 is 5.11 Å². The molecular formula is C9H16O. The van der Waals surface area contributed by atoms with Gasteiger partial charge in [-0.1, -0.05) is 44.1 Å². The number of rotatable bonds is 5. The maximum absolute atomic E-state index is 8.35. The molecule has 0 radical (unpaired) electrons. The standard InChI is InChI=1S/C9H16O/c1-2-3-4-5-6-7-8-9-10/h5-8,10H,2-4,9H2,1H3/b6-5-,8-7+. The van der Waals surface area contributed by atoms with Crippen LogP contribution in [0.1, 0.15) is 26.2 Å². The van der Waals surface area contributed by atoms with E-state index in [2.05, 4.69) is 13.0 Å². The predicted molar refractivity (Wildman–Crippen MR) is 44.9 cm³/mol. The van der Waals surface area contributed by atoms with Crippen molar-refractivity contribution < 1.29 is 5.11 Å². The van der Waals surface area contributed by atoms with Crippen LogP contribution >= 0.6 is 0 Å². The maximum Gasteiger partial charge on any atom is 0.0615 e. The lowest BCUT2D eigenvalue weighted by Crippen LogP contribution is -1.68. The molecule has 0 aliphatic heterocycles. The van der Waals surface area contributed by atoms with Gasteiger partial charge in [-0.3, -0.25) is 0 Å². The fraction of sp³-hybridized carbons (Fsp3) is 0.556. The Morgan fingerprint density at radius 2 is 1.90 bits per heavy atom. The molecular weight excluding hydrogens is 124 g/mol. The van der Waals surface area contributed by atoms with Crippen molar-refractivity contribution in [3.8, 4) is 0 Å². The van der Waals surface area contributed by atoms with Gasteiger partial charge in [-0.2, -0.15) is 0 Å². The zero-order chi connectivity index (χ0) is 7.66. The van der Waals surface area contributed by atoms with Gasteiger partial charge in [-0.25, -0.2) is 0 Å². The average molecular weight is 140 g/mol. The van der Waals surface area contributed by atoms with Gasteiger partial charge in [-0.15, -0.1) is 0 Å². The van der Waals surface area contributed by atoms with Crippen molar-refractivity contribution in [3.05, 3.63) is 24.3 Å². The Hall–Kier alpha value is -0.560. The Kier molecular flexibility index (Phi) is 7.97. The summed E-state index contributed by atoms with van der Waals surface area (Å²) in [5.74, 6) is 0. The van der Waals surface area contributed by atoms with Crippen LogP contribution in [0.2, 0.25) is 0 Å². The summed E-state index contributed by atoms with van der Waals surface area (Å²) in [4.78, 5) is 0. The number of aliphatic hydroxyl groups excluding tert-OH is 1. The highest BCUT2D eigenvalue weighted by Crippen LogP contribution is 1.94. The normalized spacial score (nSPS) is 11.8. The van der Waals surface area contributed by atoms with Gasteiger partial charge in [0.25, 0.3) is 0 Å². The fourth-order valence-electron chi connectivity index (χ4n) is 0.636. The van der Waals surface area contributed by atoms with Gasteiger partial charge in [0.2, 0.25) is 0 Å². The summed E-state index contributed by atoms with van der Waals surface area (Å²) in [5, 5.41) is 8.35. The molecule has 0 aromatic carbocycles. The molecule has 1 N–H and O–H groups in total. The van der Waals surface area contributed by atoms with Crippen LogP contribution in [0.3, 0.4) is 0 Å². The molecule has 10 heavy (non-hydrogen) atoms. The number of unbranched alkanes of at least 4 members (excludes halogenated alkanes) is 2. The van der Waals surface area contributed by atoms with E-state index in [1.807, 2.05) is 12.2 Å². The van der Waals surface area contributed by atoms with E-state index >= 15 is 0 Å². The molecule has 0 rings (SSSR count). The Morgan fingerprint density at radius 1 is 1.20 bits per heavy atom. The quantitative estimate of drug-likeness (QED) is 0.459. The molecule has 1 heteroatoms. The van der Waals surface area contributed by atoms with Crippen molar-refractivity contribution in [1.82, 2.24) is 0 Å². The lowest BCUT2D eigenvalue weighted by Gasteiger charge is -1.85. The summed E-state index contributed by atoms with van der Waals surface area (Å²) in [6, 6.07) is 0. The van der Waals surface area contributed by atoms with Crippen molar-refractivity contribution in [2.24, 2.45) is 0 Å². The van der Waals surface area contributed by atoms with Crippen molar-refractivity contribution >= 4 is 0 Å². The monoisotopic (exact) mass is 140 g/mol. The van der Waals surface area contributed by atoms with Crippen molar-refractivity contribution in [2.45, 2.75) is 26.2 Å². The summed E-state index contributed by atoms with van der Waals surface area (Å²) in [7, 11) is 0. The highest BCUT2D eigenvalue weighted by atomic mass is 16.2. The lowest BCUT2D eigenvalue weighted by molar-refractivity contribution is 0.343. The molecule has 0 amide bonds. The highest BCUT2D eigenvalue weighted by Gasteiger charge is 1.74. The van der Waals surface area contributed by atoms with Crippen molar-refractivity contribution in [2.75, 3.05) is 6.61 Å². The highest BCUT2D eigenvalue weighted by molar-refractivity contribution is 5.01. The third-order valence-electron chi connectivity index (χ3n) is 1.21. The molecule has 1 nitrogen and oxygen atoms in total. The summed E-state index contributed by atoms with van der Waals surface area (Å²) in [6.07, 6.45) is 11.3. The summed E-state index contributed by atoms with van der Waals surface area (Å²) >= 11 is 0. The molecule has 0 saturated carbocycles. The second-order valence-corrected chi connectivity index (χ2v) is 2.18. The van der Waals surface area contributed by atoms with E-state index in [1.54, 1.807) is 6.08 Å². The van der Waals surface area contributed by atoms with Crippen LogP contribution in [-0.2, 0) is 0 Å². The van der Waals surface area contributed by atoms with Crippen LogP contribution in [-0.4, -0.2) is 11.7 Å². The molecule has 0 aliphatic rings. The third-order valence-corrected chi connectivity index (χ3v) is 1.21. The van der Waals surface area contributed by atoms with Crippen LogP contribution in [0.5, 0.6) is 0 Å². The van der Waals surface area contributed by atoms with Crippen molar-refractivity contribution in [3.63, 3.8) is 0 Å². The topological polar surface area (TPSA) is 20.2 Å². The summed E-state index contributed by atoms with van der Waals surface area (Å²) < 4.78 is 0. The van der Waals surface area contributed by atoms with Crippen LogP contribution < -0.4 is 0 Å². The maximum atomic E-state index is 8.35. The minimum atomic E-state index is 0.137. The Bertz CT molecular complexity index is 103. The first-order valence-corrected chi connectivity index (χ1v) is 3.84. The van der Waals surface area contributed by atoms with Gasteiger partial charge in [-0.05, 0) is 6.42 Å². The molecule has 0 aromatic rings. The van der Waals surface area contributed by atoms with Gasteiger partial charge in [0.1, 0.15) is 0 Å². The Labute approximate surface area is 63.1 Å². The van der Waals surface area contributed by atoms with Crippen LogP contribution in [0, 0.1) is 0 Å². The summed E-state index contributed by atoms with van der Waals surface area (Å²) in [6.45, 7) is 2.31. The minimum absolute atomic E-state index is 0.137. The van der Waals surface area contributed by atoms with Gasteiger partial charge in [0, 0.05) is 0 Å². The molecule has 0 bridgehead atoms. The number of allylic oxidation sites excluding steroid dienone is 3. The van der Waals surface area contributed by atoms with Gasteiger partial charge in [0.05, 0.1) is 6.61 Å². The minimum Gasteiger partial charge on any atom is -0.392 e. The van der Waals surface area contributed by atoms with E-state index in [9.17, 15) is 0 Å². The molecule has 0 aromatic heterocycles. The molecule has 58 valence electrons. The van der Waals surface area contributed by atoms with E-state index in [1.165, 1.54) is 12.8 Å². The van der Waals surface area contributed by atoms with E-state index in [0.717, 1.165) is 6.42 Å².